The first kappa shape index (κ1) is 15.5. The summed E-state index contributed by atoms with van der Waals surface area (Å²) in [5.74, 6) is 0. The molecule has 4 nitrogen and oxygen atoms in total. The molecule has 0 aliphatic carbocycles. The number of hydrogen-bond donors (Lipinski definition) is 1. The number of nitrogens with zero attached hydrogens (tertiary/aromatic N) is 1. The predicted molar refractivity (Wildman–Crippen MR) is 94.3 cm³/mol. The molecule has 1 N–H and O–H groups in total. The summed E-state index contributed by atoms with van der Waals surface area (Å²) in [6.45, 7) is 1.90. The van der Waals surface area contributed by atoms with Crippen molar-refractivity contribution in [3.8, 4) is 0 Å². The predicted octanol–water partition coefficient (Wildman–Crippen LogP) is 3.51. The number of rotatable bonds is 2. The van der Waals surface area contributed by atoms with Crippen LogP contribution in [0.25, 0.3) is 0 Å². The minimum absolute atomic E-state index is 0.206. The van der Waals surface area contributed by atoms with Gasteiger partial charge in [0.05, 0.1) is 16.3 Å². The van der Waals surface area contributed by atoms with E-state index in [4.69, 9.17) is 0 Å². The van der Waals surface area contributed by atoms with Gasteiger partial charge in [-0.2, -0.15) is 0 Å². The van der Waals surface area contributed by atoms with Gasteiger partial charge in [-0.15, -0.1) is 0 Å². The Kier molecular flexibility index (Phi) is 4.00. The van der Waals surface area contributed by atoms with Gasteiger partial charge < -0.3 is 5.11 Å². The molecular formula is C16H14INO3S. The van der Waals surface area contributed by atoms with Crippen molar-refractivity contribution in [1.82, 2.24) is 0 Å². The van der Waals surface area contributed by atoms with Gasteiger partial charge in [0.2, 0.25) is 0 Å². The van der Waals surface area contributed by atoms with Crippen LogP contribution in [0.1, 0.15) is 17.2 Å². The maximum Gasteiger partial charge on any atom is 0.268 e. The molecule has 0 spiro atoms. The molecule has 1 aliphatic heterocycles. The number of anilines is 1. The highest BCUT2D eigenvalue weighted by molar-refractivity contribution is 14.1. The van der Waals surface area contributed by atoms with E-state index in [1.165, 1.54) is 4.31 Å². The van der Waals surface area contributed by atoms with E-state index in [0.29, 0.717) is 16.9 Å². The summed E-state index contributed by atoms with van der Waals surface area (Å²) in [6, 6.07) is 13.7. The van der Waals surface area contributed by atoms with Crippen LogP contribution in [0.15, 0.2) is 63.2 Å². The summed E-state index contributed by atoms with van der Waals surface area (Å²) in [5.41, 5.74) is 2.44. The second-order valence-electron chi connectivity index (χ2n) is 5.08. The summed E-state index contributed by atoms with van der Waals surface area (Å²) in [6.07, 6.45) is -0.937. The molecule has 0 aromatic heterocycles. The maximum atomic E-state index is 13.0. The lowest BCUT2D eigenvalue weighted by Gasteiger charge is -2.21. The smallest absolute Gasteiger partial charge is 0.268 e. The molecular weight excluding hydrogens is 413 g/mol. The molecule has 0 radical (unpaired) electrons. The fourth-order valence-electron chi connectivity index (χ4n) is 2.50. The monoisotopic (exact) mass is 427 g/mol. The lowest BCUT2D eigenvalue weighted by atomic mass is 10.1. The van der Waals surface area contributed by atoms with Gasteiger partial charge in [-0.1, -0.05) is 58.5 Å². The number of halogens is 1. The molecule has 2 aromatic rings. The van der Waals surface area contributed by atoms with Crippen molar-refractivity contribution in [1.29, 1.82) is 0 Å². The summed E-state index contributed by atoms with van der Waals surface area (Å²) in [7, 11) is -3.76. The van der Waals surface area contributed by atoms with E-state index in [1.807, 2.05) is 29.5 Å². The van der Waals surface area contributed by atoms with E-state index in [2.05, 4.69) is 0 Å². The minimum Gasteiger partial charge on any atom is -0.382 e. The van der Waals surface area contributed by atoms with E-state index in [1.54, 1.807) is 52.6 Å². The highest BCUT2D eigenvalue weighted by atomic mass is 127. The summed E-state index contributed by atoms with van der Waals surface area (Å²) in [4.78, 5) is 0.206. The van der Waals surface area contributed by atoms with Crippen molar-refractivity contribution in [3.63, 3.8) is 0 Å². The van der Waals surface area contributed by atoms with Crippen LogP contribution < -0.4 is 4.31 Å². The molecule has 0 saturated heterocycles. The summed E-state index contributed by atoms with van der Waals surface area (Å²) >= 11 is 1.95. The Hall–Kier alpha value is -1.38. The molecule has 6 heteroatoms. The van der Waals surface area contributed by atoms with E-state index in [9.17, 15) is 13.5 Å². The van der Waals surface area contributed by atoms with Crippen LogP contribution in [0.5, 0.6) is 0 Å². The number of benzene rings is 2. The first-order valence-electron chi connectivity index (χ1n) is 6.66. The third-order valence-electron chi connectivity index (χ3n) is 3.64. The molecule has 22 heavy (non-hydrogen) atoms. The summed E-state index contributed by atoms with van der Waals surface area (Å²) in [5, 5.41) is 10.4. The number of aliphatic hydroxyl groups is 1. The molecule has 3 rings (SSSR count). The summed E-state index contributed by atoms with van der Waals surface area (Å²) < 4.78 is 28.8. The first-order valence-corrected chi connectivity index (χ1v) is 9.34. The van der Waals surface area contributed by atoms with E-state index >= 15 is 0 Å². The largest absolute Gasteiger partial charge is 0.382 e. The van der Waals surface area contributed by atoms with Crippen LogP contribution in [0.3, 0.4) is 0 Å². The molecule has 114 valence electrons. The molecule has 1 aliphatic rings. The Morgan fingerprint density at radius 2 is 1.77 bits per heavy atom. The quantitative estimate of drug-likeness (QED) is 0.747. The van der Waals surface area contributed by atoms with Crippen molar-refractivity contribution < 1.29 is 13.5 Å². The van der Waals surface area contributed by atoms with Crippen molar-refractivity contribution in [2.45, 2.75) is 17.9 Å². The van der Waals surface area contributed by atoms with Gasteiger partial charge in [0.25, 0.3) is 10.0 Å². The molecule has 1 atom stereocenters. The zero-order valence-electron chi connectivity index (χ0n) is 11.8. The number of aryl methyl sites for hydroxylation is 1. The zero-order chi connectivity index (χ0) is 15.9. The van der Waals surface area contributed by atoms with Gasteiger partial charge in [-0.25, -0.2) is 12.7 Å². The van der Waals surface area contributed by atoms with Gasteiger partial charge in [0.15, 0.2) is 0 Å². The van der Waals surface area contributed by atoms with Crippen LogP contribution in [-0.4, -0.2) is 13.5 Å². The Bertz CT molecular complexity index is 844. The normalized spacial score (nSPS) is 19.5. The van der Waals surface area contributed by atoms with E-state index in [-0.39, 0.29) is 4.90 Å². The number of para-hydroxylation sites is 1. The standard InChI is InChI=1S/C16H14INO3S/c1-11-6-8-12(9-7-11)22(20,21)18-14-5-3-2-4-13(14)16(19)15(18)10-17/h2-10,16,19H,1H3/b15-10+. The van der Waals surface area contributed by atoms with Crippen LogP contribution in [0, 0.1) is 6.92 Å². The van der Waals surface area contributed by atoms with Crippen molar-refractivity contribution in [2.24, 2.45) is 0 Å². The average molecular weight is 427 g/mol. The second-order valence-corrected chi connectivity index (χ2v) is 7.49. The fourth-order valence-corrected chi connectivity index (χ4v) is 4.86. The van der Waals surface area contributed by atoms with E-state index < -0.39 is 16.1 Å². The maximum absolute atomic E-state index is 13.0. The second kappa shape index (κ2) is 5.68. The molecule has 2 aromatic carbocycles. The minimum atomic E-state index is -3.76. The zero-order valence-corrected chi connectivity index (χ0v) is 14.7. The molecule has 0 amide bonds. The van der Waals surface area contributed by atoms with Crippen molar-refractivity contribution >= 4 is 38.3 Å². The Labute approximate surface area is 143 Å². The SMILES string of the molecule is Cc1ccc(S(=O)(=O)N2/C(=C/I)C(O)c3ccccc32)cc1. The van der Waals surface area contributed by atoms with Gasteiger partial charge in [0, 0.05) is 9.65 Å². The fraction of sp³-hybridized carbons (Fsp3) is 0.125. The molecule has 0 fully saturated rings. The molecule has 0 saturated carbocycles. The Morgan fingerprint density at radius 3 is 2.41 bits per heavy atom. The molecule has 0 bridgehead atoms. The van der Waals surface area contributed by atoms with Crippen molar-refractivity contribution in [3.05, 3.63) is 69.4 Å². The number of sulfonamides is 1. The Morgan fingerprint density at radius 1 is 1.14 bits per heavy atom. The van der Waals surface area contributed by atoms with E-state index in [0.717, 1.165) is 5.56 Å². The highest BCUT2D eigenvalue weighted by Gasteiger charge is 2.39. The molecule has 1 heterocycles. The lowest BCUT2D eigenvalue weighted by Crippen LogP contribution is -2.28. The van der Waals surface area contributed by atoms with Crippen LogP contribution >= 0.6 is 22.6 Å². The van der Waals surface area contributed by atoms with Gasteiger partial charge in [0.1, 0.15) is 6.10 Å². The van der Waals surface area contributed by atoms with Gasteiger partial charge >= 0.3 is 0 Å². The molecule has 1 unspecified atom stereocenters. The average Bonchev–Trinajstić information content (AvgIpc) is 2.81. The first-order chi connectivity index (χ1) is 10.5. The van der Waals surface area contributed by atoms with Crippen molar-refractivity contribution in [2.75, 3.05) is 4.31 Å². The van der Waals surface area contributed by atoms with Crippen LogP contribution in [0.4, 0.5) is 5.69 Å². The topological polar surface area (TPSA) is 57.6 Å². The third kappa shape index (κ3) is 2.35. The highest BCUT2D eigenvalue weighted by Crippen LogP contribution is 2.45. The lowest BCUT2D eigenvalue weighted by molar-refractivity contribution is 0.222. The van der Waals surface area contributed by atoms with Gasteiger partial charge in [-0.05, 0) is 25.1 Å². The third-order valence-corrected chi connectivity index (χ3v) is 6.03. The Balaban J connectivity index is 2.19. The van der Waals surface area contributed by atoms with Crippen LogP contribution in [0.2, 0.25) is 0 Å². The van der Waals surface area contributed by atoms with Gasteiger partial charge in [-0.3, -0.25) is 0 Å². The number of aliphatic hydroxyl groups excluding tert-OH is 1. The number of hydrogen-bond acceptors (Lipinski definition) is 3. The van der Waals surface area contributed by atoms with Crippen LogP contribution in [-0.2, 0) is 10.0 Å². The number of fused-ring (bicyclic) bond motifs is 1.